The number of rotatable bonds is 6. The van der Waals surface area contributed by atoms with Crippen molar-refractivity contribution in [1.82, 2.24) is 5.32 Å². The van der Waals surface area contributed by atoms with Crippen LogP contribution in [0.2, 0.25) is 0 Å². The second-order valence-electron chi connectivity index (χ2n) is 6.38. The summed E-state index contributed by atoms with van der Waals surface area (Å²) in [6, 6.07) is 2.97. The average molecular weight is 353 g/mol. The number of hydrogen-bond donors (Lipinski definition) is 3. The number of carbonyl (C=O) groups excluding carboxylic acids is 2. The minimum absolute atomic E-state index is 0.0884. The second kappa shape index (κ2) is 7.87. The van der Waals surface area contributed by atoms with Crippen LogP contribution < -0.4 is 11.1 Å². The first-order chi connectivity index (χ1) is 11.4. The van der Waals surface area contributed by atoms with Gasteiger partial charge in [0.2, 0.25) is 5.78 Å². The van der Waals surface area contributed by atoms with E-state index >= 15 is 0 Å². The third-order valence-electron chi connectivity index (χ3n) is 2.93. The van der Waals surface area contributed by atoms with E-state index < -0.39 is 41.1 Å². The topological polar surface area (TPSA) is 105 Å². The summed E-state index contributed by atoms with van der Waals surface area (Å²) in [6.45, 7) is 5.84. The normalized spacial score (nSPS) is 12.2. The Morgan fingerprint density at radius 2 is 1.76 bits per heavy atom. The number of halogens is 2. The van der Waals surface area contributed by atoms with E-state index in [4.69, 9.17) is 15.9 Å². The number of ether oxygens (including phenoxy) is 1. The van der Waals surface area contributed by atoms with E-state index in [0.29, 0.717) is 0 Å². The predicted molar refractivity (Wildman–Crippen MR) is 89.2 cm³/mol. The summed E-state index contributed by atoms with van der Waals surface area (Å²) in [5, 5.41) is 10.5. The maximum Gasteiger partial charge on any atom is 0.344 e. The maximum absolute atomic E-state index is 13.6. The Labute approximate surface area is 144 Å². The van der Waals surface area contributed by atoms with E-state index in [2.05, 4.69) is 5.32 Å². The molecule has 0 fully saturated rings. The molecule has 8 heteroatoms. The molecule has 0 aliphatic carbocycles. The molecule has 4 N–H and O–H groups in total. The summed E-state index contributed by atoms with van der Waals surface area (Å²) in [7, 11) is 0. The van der Waals surface area contributed by atoms with E-state index in [1.165, 1.54) is 6.92 Å². The number of esters is 1. The minimum Gasteiger partial charge on any atom is -0.454 e. The Morgan fingerprint density at radius 3 is 2.20 bits per heavy atom. The molecule has 0 saturated carbocycles. The van der Waals surface area contributed by atoms with Crippen LogP contribution in [0, 0.1) is 17.0 Å². The van der Waals surface area contributed by atoms with Crippen molar-refractivity contribution in [2.75, 3.05) is 6.61 Å². The molecule has 0 aliphatic heterocycles. The summed E-state index contributed by atoms with van der Waals surface area (Å²) in [5.41, 5.74) is 4.10. The Bertz CT molecular complexity index is 717. The summed E-state index contributed by atoms with van der Waals surface area (Å²) >= 11 is 0. The molecule has 1 aromatic carbocycles. The van der Waals surface area contributed by atoms with Crippen molar-refractivity contribution >= 4 is 17.5 Å². The van der Waals surface area contributed by atoms with Gasteiger partial charge in [-0.25, -0.2) is 13.6 Å². The van der Waals surface area contributed by atoms with Crippen LogP contribution >= 0.6 is 0 Å². The van der Waals surface area contributed by atoms with E-state index in [-0.39, 0.29) is 17.1 Å². The number of Topliss-reactive ketones (excluding diaryl/α,β-unsaturated/α-hetero) is 1. The first-order valence-corrected chi connectivity index (χ1v) is 7.42. The van der Waals surface area contributed by atoms with Gasteiger partial charge in [-0.3, -0.25) is 4.79 Å². The molecule has 0 unspecified atom stereocenters. The molecule has 0 aliphatic rings. The molecule has 6 nitrogen and oxygen atoms in total. The van der Waals surface area contributed by atoms with Gasteiger partial charge < -0.3 is 21.2 Å². The first kappa shape index (κ1) is 20.3. The number of benzene rings is 1. The fourth-order valence-electron chi connectivity index (χ4n) is 1.97. The van der Waals surface area contributed by atoms with Crippen molar-refractivity contribution < 1.29 is 23.1 Å². The molecule has 1 rings (SSSR count). The third-order valence-corrected chi connectivity index (χ3v) is 2.93. The Hall–Kier alpha value is -2.77. The minimum atomic E-state index is -1.05. The third kappa shape index (κ3) is 5.66. The summed E-state index contributed by atoms with van der Waals surface area (Å²) in [5.74, 6) is -4.25. The summed E-state index contributed by atoms with van der Waals surface area (Å²) in [6.07, 6.45) is 0. The lowest BCUT2D eigenvalue weighted by molar-refractivity contribution is -0.137. The smallest absolute Gasteiger partial charge is 0.344 e. The highest BCUT2D eigenvalue weighted by Gasteiger charge is 2.23. The van der Waals surface area contributed by atoms with E-state index in [1.54, 1.807) is 20.8 Å². The van der Waals surface area contributed by atoms with Crippen LogP contribution in [-0.4, -0.2) is 29.6 Å². The fraction of sp³-hybridized carbons (Fsp3) is 0.353. The van der Waals surface area contributed by atoms with Crippen molar-refractivity contribution in [2.24, 2.45) is 5.73 Å². The van der Waals surface area contributed by atoms with E-state index in [9.17, 15) is 18.4 Å². The zero-order valence-corrected chi connectivity index (χ0v) is 14.5. The zero-order valence-electron chi connectivity index (χ0n) is 14.5. The van der Waals surface area contributed by atoms with Crippen molar-refractivity contribution in [3.8, 4) is 0 Å². The van der Waals surface area contributed by atoms with Gasteiger partial charge in [-0.15, -0.1) is 0 Å². The van der Waals surface area contributed by atoms with Crippen molar-refractivity contribution in [1.29, 1.82) is 5.41 Å². The van der Waals surface area contributed by atoms with Gasteiger partial charge in [0, 0.05) is 11.3 Å². The Morgan fingerprint density at radius 1 is 1.24 bits per heavy atom. The molecule has 0 saturated heterocycles. The summed E-state index contributed by atoms with van der Waals surface area (Å²) < 4.78 is 31.9. The lowest BCUT2D eigenvalue weighted by atomic mass is 10.1. The summed E-state index contributed by atoms with van der Waals surface area (Å²) in [4.78, 5) is 24.0. The molecule has 0 radical (unpaired) electrons. The molecule has 0 aromatic heterocycles. The highest BCUT2D eigenvalue weighted by Crippen LogP contribution is 2.14. The molecule has 0 amide bonds. The Kier molecular flexibility index (Phi) is 6.38. The Balaban J connectivity index is 2.94. The monoisotopic (exact) mass is 353 g/mol. The quantitative estimate of drug-likeness (QED) is 0.315. The molecular weight excluding hydrogens is 332 g/mol. The maximum atomic E-state index is 13.6. The fourth-order valence-corrected chi connectivity index (χ4v) is 1.97. The van der Waals surface area contributed by atoms with Crippen LogP contribution in [-0.2, 0) is 9.53 Å². The van der Waals surface area contributed by atoms with Gasteiger partial charge in [0.25, 0.3) is 0 Å². The second-order valence-corrected chi connectivity index (χ2v) is 6.38. The van der Waals surface area contributed by atoms with Gasteiger partial charge in [0.05, 0.1) is 5.56 Å². The number of hydrogen-bond acceptors (Lipinski definition) is 6. The van der Waals surface area contributed by atoms with Crippen LogP contribution in [0.5, 0.6) is 0 Å². The van der Waals surface area contributed by atoms with Crippen molar-refractivity contribution in [2.45, 2.75) is 33.2 Å². The molecule has 136 valence electrons. The van der Waals surface area contributed by atoms with Gasteiger partial charge >= 0.3 is 5.97 Å². The van der Waals surface area contributed by atoms with Crippen LogP contribution in [0.4, 0.5) is 8.78 Å². The molecule has 1 aromatic rings. The SMILES string of the molecule is CC(=N)/C(C(=O)OCC(=O)c1c(F)cccc1F)=C(/N)NC(C)(C)C. The molecule has 0 heterocycles. The van der Waals surface area contributed by atoms with E-state index in [1.807, 2.05) is 0 Å². The van der Waals surface area contributed by atoms with Gasteiger partial charge in [0.15, 0.2) is 6.61 Å². The average Bonchev–Trinajstić information content (AvgIpc) is 2.42. The number of carbonyl (C=O) groups is 2. The number of nitrogens with two attached hydrogens (primary N) is 1. The van der Waals surface area contributed by atoms with Crippen molar-refractivity contribution in [3.63, 3.8) is 0 Å². The van der Waals surface area contributed by atoms with Crippen LogP contribution in [0.15, 0.2) is 29.6 Å². The van der Waals surface area contributed by atoms with Gasteiger partial charge in [-0.05, 0) is 39.8 Å². The molecule has 25 heavy (non-hydrogen) atoms. The molecule has 0 bridgehead atoms. The largest absolute Gasteiger partial charge is 0.454 e. The lowest BCUT2D eigenvalue weighted by Gasteiger charge is -2.23. The van der Waals surface area contributed by atoms with Gasteiger partial charge in [-0.1, -0.05) is 6.07 Å². The van der Waals surface area contributed by atoms with Gasteiger partial charge in [-0.2, -0.15) is 0 Å². The lowest BCUT2D eigenvalue weighted by Crippen LogP contribution is -2.40. The van der Waals surface area contributed by atoms with Crippen LogP contribution in [0.3, 0.4) is 0 Å². The first-order valence-electron chi connectivity index (χ1n) is 7.42. The standard InChI is InChI=1S/C17H21F2N3O3/c1-9(20)13(15(21)22-17(2,3)4)16(24)25-8-12(23)14-10(18)6-5-7-11(14)19/h5-7,20,22H,8,21H2,1-4H3/b15-13+,20-9?. The highest BCUT2D eigenvalue weighted by atomic mass is 19.1. The van der Waals surface area contributed by atoms with Gasteiger partial charge in [0.1, 0.15) is 23.0 Å². The molecule has 0 spiro atoms. The van der Waals surface area contributed by atoms with Crippen LogP contribution in [0.25, 0.3) is 0 Å². The van der Waals surface area contributed by atoms with Crippen molar-refractivity contribution in [3.05, 3.63) is 46.8 Å². The number of nitrogens with one attached hydrogen (secondary N) is 2. The zero-order chi connectivity index (χ0) is 19.4. The number of ketones is 1. The van der Waals surface area contributed by atoms with Crippen LogP contribution in [0.1, 0.15) is 38.1 Å². The molecule has 0 atom stereocenters. The predicted octanol–water partition coefficient (Wildman–Crippen LogP) is 2.29. The van der Waals surface area contributed by atoms with E-state index in [0.717, 1.165) is 18.2 Å². The highest BCUT2D eigenvalue weighted by molar-refractivity contribution is 6.18. The molecular formula is C17H21F2N3O3.